The van der Waals surface area contributed by atoms with E-state index in [2.05, 4.69) is 12.1 Å². The predicted octanol–water partition coefficient (Wildman–Crippen LogP) is 7.53. The number of carbonyl (C=O) groups excluding carboxylic acids is 2. The summed E-state index contributed by atoms with van der Waals surface area (Å²) in [5.41, 5.74) is 5.32. The number of nitriles is 2. The minimum absolute atomic E-state index is 0.0171. The third-order valence-electron chi connectivity index (χ3n) is 9.01. The molecule has 2 bridgehead atoms. The van der Waals surface area contributed by atoms with Crippen LogP contribution in [0.1, 0.15) is 30.4 Å². The standard InChI is InChI=1S/C41H36N2O6/c42-26-28-3-7-30(8-4-28)32-13-17-36(18-14-32)46-21-1-23-48-40(44)38-34-11-12-35(25-34)39(38)41(45)49-24-2-22-47-37-19-15-33(16-20-37)31-9-5-29(27-43)6-10-31/h3-20,34-35,38-39H,1-2,21-25H2/t34-,35+,38-,39-/m1/s1. The van der Waals surface area contributed by atoms with Gasteiger partial charge in [-0.05, 0) is 89.0 Å². The van der Waals surface area contributed by atoms with Crippen molar-refractivity contribution < 1.29 is 28.5 Å². The van der Waals surface area contributed by atoms with E-state index in [0.717, 1.165) is 28.7 Å². The van der Waals surface area contributed by atoms with Gasteiger partial charge in [-0.25, -0.2) is 0 Å². The monoisotopic (exact) mass is 652 g/mol. The van der Waals surface area contributed by atoms with Crippen LogP contribution in [0, 0.1) is 46.3 Å². The molecule has 4 atom stereocenters. The van der Waals surface area contributed by atoms with E-state index in [1.165, 1.54) is 0 Å². The summed E-state index contributed by atoms with van der Waals surface area (Å²) in [6, 6.07) is 34.5. The van der Waals surface area contributed by atoms with E-state index in [9.17, 15) is 9.59 Å². The molecule has 2 aliphatic carbocycles. The Morgan fingerprint density at radius 2 is 0.878 bits per heavy atom. The van der Waals surface area contributed by atoms with Crippen LogP contribution in [0.3, 0.4) is 0 Å². The Kier molecular flexibility index (Phi) is 10.7. The Balaban J connectivity index is 0.892. The fourth-order valence-electron chi connectivity index (χ4n) is 6.46. The fourth-order valence-corrected chi connectivity index (χ4v) is 6.46. The van der Waals surface area contributed by atoms with Gasteiger partial charge in [0.05, 0.1) is 61.5 Å². The lowest BCUT2D eigenvalue weighted by molar-refractivity contribution is -0.161. The average molecular weight is 653 g/mol. The topological polar surface area (TPSA) is 119 Å². The van der Waals surface area contributed by atoms with Crippen molar-refractivity contribution in [3.05, 3.63) is 120 Å². The summed E-state index contributed by atoms with van der Waals surface area (Å²) in [5, 5.41) is 18.0. The Morgan fingerprint density at radius 3 is 1.22 bits per heavy atom. The quantitative estimate of drug-likeness (QED) is 0.0780. The van der Waals surface area contributed by atoms with E-state index in [1.54, 1.807) is 24.3 Å². The molecule has 0 saturated heterocycles. The van der Waals surface area contributed by atoms with E-state index < -0.39 is 11.8 Å². The van der Waals surface area contributed by atoms with Crippen LogP contribution in [0.4, 0.5) is 0 Å². The van der Waals surface area contributed by atoms with Gasteiger partial charge in [0, 0.05) is 12.8 Å². The number of ether oxygens (including phenoxy) is 4. The van der Waals surface area contributed by atoms with Gasteiger partial charge in [0.1, 0.15) is 11.5 Å². The molecule has 0 spiro atoms. The van der Waals surface area contributed by atoms with E-state index in [4.69, 9.17) is 29.5 Å². The van der Waals surface area contributed by atoms with Gasteiger partial charge in [0.2, 0.25) is 0 Å². The number of esters is 2. The van der Waals surface area contributed by atoms with Gasteiger partial charge in [-0.3, -0.25) is 9.59 Å². The Morgan fingerprint density at radius 1 is 0.531 bits per heavy atom. The lowest BCUT2D eigenvalue weighted by atomic mass is 9.83. The SMILES string of the molecule is N#Cc1ccc(-c2ccc(OCCCOC(=O)[C@H]3[C@H](C(=O)OCCCOc4ccc(-c5ccc(C#N)cc5)cc4)[C@H]4C=C[C@@H]3C4)cc2)cc1. The Hall–Kier alpha value is -5.86. The van der Waals surface area contributed by atoms with Crippen molar-refractivity contribution in [1.29, 1.82) is 10.5 Å². The van der Waals surface area contributed by atoms with Crippen LogP contribution in [0.5, 0.6) is 11.5 Å². The number of hydrogen-bond donors (Lipinski definition) is 0. The van der Waals surface area contributed by atoms with Crippen LogP contribution >= 0.6 is 0 Å². The zero-order valence-electron chi connectivity index (χ0n) is 27.0. The van der Waals surface area contributed by atoms with Crippen molar-refractivity contribution in [2.45, 2.75) is 19.3 Å². The Bertz CT molecular complexity index is 1720. The maximum Gasteiger partial charge on any atom is 0.310 e. The van der Waals surface area contributed by atoms with Crippen LogP contribution < -0.4 is 9.47 Å². The largest absolute Gasteiger partial charge is 0.493 e. The van der Waals surface area contributed by atoms with Gasteiger partial charge in [-0.1, -0.05) is 60.7 Å². The molecule has 0 N–H and O–H groups in total. The van der Waals surface area contributed by atoms with E-state index >= 15 is 0 Å². The highest BCUT2D eigenvalue weighted by molar-refractivity contribution is 5.84. The van der Waals surface area contributed by atoms with Gasteiger partial charge >= 0.3 is 11.9 Å². The normalized spacial score (nSPS) is 18.7. The minimum Gasteiger partial charge on any atom is -0.493 e. The zero-order chi connectivity index (χ0) is 34.0. The van der Waals surface area contributed by atoms with E-state index in [1.807, 2.05) is 84.9 Å². The summed E-state index contributed by atoms with van der Waals surface area (Å²) in [7, 11) is 0. The predicted molar refractivity (Wildman–Crippen MR) is 183 cm³/mol. The molecule has 2 aliphatic rings. The summed E-state index contributed by atoms with van der Waals surface area (Å²) in [6.07, 6.45) is 5.83. The molecule has 6 rings (SSSR count). The number of rotatable bonds is 14. The number of nitrogens with zero attached hydrogens (tertiary/aromatic N) is 2. The van der Waals surface area contributed by atoms with E-state index in [-0.39, 0.29) is 37.0 Å². The first kappa shape index (κ1) is 33.1. The van der Waals surface area contributed by atoms with Gasteiger partial charge in [-0.2, -0.15) is 10.5 Å². The molecule has 0 heterocycles. The smallest absolute Gasteiger partial charge is 0.310 e. The minimum atomic E-state index is -0.538. The van der Waals surface area contributed by atoms with Gasteiger partial charge in [-0.15, -0.1) is 0 Å². The highest BCUT2D eigenvalue weighted by atomic mass is 16.5. The molecule has 4 aromatic rings. The molecule has 1 fully saturated rings. The second-order valence-corrected chi connectivity index (χ2v) is 12.2. The number of fused-ring (bicyclic) bond motifs is 2. The van der Waals surface area contributed by atoms with Crippen LogP contribution in [0.15, 0.2) is 109 Å². The molecule has 8 heteroatoms. The number of hydrogen-bond acceptors (Lipinski definition) is 8. The molecule has 8 nitrogen and oxygen atoms in total. The summed E-state index contributed by atoms with van der Waals surface area (Å²) >= 11 is 0. The van der Waals surface area contributed by atoms with E-state index in [0.29, 0.717) is 48.7 Å². The summed E-state index contributed by atoms with van der Waals surface area (Å²) in [6.45, 7) is 1.17. The van der Waals surface area contributed by atoms with Crippen molar-refractivity contribution >= 4 is 11.9 Å². The lowest BCUT2D eigenvalue weighted by Gasteiger charge is -2.25. The number of benzene rings is 4. The first-order chi connectivity index (χ1) is 24.0. The first-order valence-corrected chi connectivity index (χ1v) is 16.5. The molecule has 0 radical (unpaired) electrons. The van der Waals surface area contributed by atoms with Crippen molar-refractivity contribution in [1.82, 2.24) is 0 Å². The molecule has 0 aliphatic heterocycles. The van der Waals surface area contributed by atoms with Crippen LogP contribution in [-0.4, -0.2) is 38.4 Å². The molecule has 1 saturated carbocycles. The highest BCUT2D eigenvalue weighted by Crippen LogP contribution is 2.49. The summed E-state index contributed by atoms with van der Waals surface area (Å²) in [4.78, 5) is 26.2. The number of allylic oxidation sites excluding steroid dienone is 2. The highest BCUT2D eigenvalue weighted by Gasteiger charge is 2.53. The Labute approximate surface area is 286 Å². The second-order valence-electron chi connectivity index (χ2n) is 12.2. The van der Waals surface area contributed by atoms with Crippen LogP contribution in [0.2, 0.25) is 0 Å². The molecule has 0 aromatic heterocycles. The first-order valence-electron chi connectivity index (χ1n) is 16.5. The average Bonchev–Trinajstić information content (AvgIpc) is 3.78. The van der Waals surface area contributed by atoms with Gasteiger partial charge in [0.25, 0.3) is 0 Å². The third-order valence-corrected chi connectivity index (χ3v) is 9.01. The van der Waals surface area contributed by atoms with Crippen LogP contribution in [0.25, 0.3) is 22.3 Å². The maximum absolute atomic E-state index is 13.1. The molecule has 0 amide bonds. The number of carbonyl (C=O) groups is 2. The third kappa shape index (κ3) is 8.17. The second kappa shape index (κ2) is 15.8. The molecular weight excluding hydrogens is 616 g/mol. The molecular formula is C41H36N2O6. The van der Waals surface area contributed by atoms with Gasteiger partial charge in [0.15, 0.2) is 0 Å². The van der Waals surface area contributed by atoms with Crippen molar-refractivity contribution in [3.63, 3.8) is 0 Å². The van der Waals surface area contributed by atoms with Crippen LogP contribution in [-0.2, 0) is 19.1 Å². The maximum atomic E-state index is 13.1. The fraction of sp³-hybridized carbons (Fsp3) is 0.268. The summed E-state index contributed by atoms with van der Waals surface area (Å²) < 4.78 is 22.9. The molecule has 0 unspecified atom stereocenters. The molecule has 49 heavy (non-hydrogen) atoms. The van der Waals surface area contributed by atoms with Crippen molar-refractivity contribution in [2.24, 2.45) is 23.7 Å². The van der Waals surface area contributed by atoms with Gasteiger partial charge < -0.3 is 18.9 Å². The summed E-state index contributed by atoms with van der Waals surface area (Å²) in [5.74, 6) is -0.404. The molecule has 246 valence electrons. The van der Waals surface area contributed by atoms with Crippen molar-refractivity contribution in [2.75, 3.05) is 26.4 Å². The zero-order valence-corrected chi connectivity index (χ0v) is 27.0. The van der Waals surface area contributed by atoms with Crippen molar-refractivity contribution in [3.8, 4) is 45.9 Å². The molecule has 4 aromatic carbocycles. The lowest BCUT2D eigenvalue weighted by Crippen LogP contribution is -2.35.